The summed E-state index contributed by atoms with van der Waals surface area (Å²) in [5, 5.41) is 5.09. The first-order chi connectivity index (χ1) is 28.3. The Morgan fingerprint density at radius 3 is 1.75 bits per heavy atom. The van der Waals surface area contributed by atoms with Crippen LogP contribution in [0.4, 0.5) is 0 Å². The summed E-state index contributed by atoms with van der Waals surface area (Å²) in [7, 11) is 0. The van der Waals surface area contributed by atoms with Gasteiger partial charge in [0.25, 0.3) is 0 Å². The largest absolute Gasteiger partial charge is 0.333 e. The topological polar surface area (TPSA) is 9.86 Å². The van der Waals surface area contributed by atoms with Gasteiger partial charge >= 0.3 is 0 Å². The molecule has 1 unspecified atom stereocenters. The van der Waals surface area contributed by atoms with E-state index in [0.29, 0.717) is 6.04 Å². The van der Waals surface area contributed by atoms with Crippen molar-refractivity contribution in [3.8, 4) is 27.9 Å². The molecule has 10 aromatic rings. The molecular formula is C55H38N2. The van der Waals surface area contributed by atoms with Gasteiger partial charge in [-0.15, -0.1) is 0 Å². The third-order valence-corrected chi connectivity index (χ3v) is 12.7. The summed E-state index contributed by atoms with van der Waals surface area (Å²) in [6.07, 6.45) is 9.94. The molecule has 268 valence electrons. The van der Waals surface area contributed by atoms with Crippen LogP contribution in [-0.2, 0) is 5.41 Å². The summed E-state index contributed by atoms with van der Waals surface area (Å²) in [6.45, 7) is 0. The number of rotatable bonds is 5. The monoisotopic (exact) mass is 726 g/mol. The first-order valence-electron chi connectivity index (χ1n) is 20.0. The van der Waals surface area contributed by atoms with Crippen molar-refractivity contribution in [2.75, 3.05) is 0 Å². The molecule has 0 spiro atoms. The Bertz CT molecular complexity index is 3230. The molecule has 2 heterocycles. The maximum absolute atomic E-state index is 2.53. The van der Waals surface area contributed by atoms with Gasteiger partial charge < -0.3 is 9.13 Å². The molecule has 0 fully saturated rings. The van der Waals surface area contributed by atoms with Crippen molar-refractivity contribution >= 4 is 43.6 Å². The number of hydrogen-bond acceptors (Lipinski definition) is 0. The lowest BCUT2D eigenvalue weighted by Gasteiger charge is -2.35. The zero-order valence-electron chi connectivity index (χ0n) is 31.4. The van der Waals surface area contributed by atoms with E-state index in [4.69, 9.17) is 0 Å². The van der Waals surface area contributed by atoms with E-state index in [9.17, 15) is 0 Å². The summed E-state index contributed by atoms with van der Waals surface area (Å²) in [5.41, 5.74) is 15.8. The van der Waals surface area contributed by atoms with Gasteiger partial charge in [0.05, 0.1) is 28.2 Å². The van der Waals surface area contributed by atoms with Crippen LogP contribution in [0, 0.1) is 0 Å². The molecule has 0 radical (unpaired) electrons. The van der Waals surface area contributed by atoms with Crippen LogP contribution in [0.25, 0.3) is 71.6 Å². The first kappa shape index (κ1) is 32.1. The van der Waals surface area contributed by atoms with Crippen LogP contribution in [0.3, 0.4) is 0 Å². The standard InChI is InChI=1S/C55H38N2/c1-3-17-39(18-4-1)55(47-25-11-7-21-41(47)42-22-8-12-26-48(42)55)49-27-13-16-30-53(49)57-51-29-15-9-23-43(51)45-33-31-38(36-54(45)57)37-32-34-52-46(35-37)44-24-10-14-28-50(44)56(52)40-19-5-2-6-20-40/h1-19,21-36,40H,20H2. The zero-order chi connectivity index (χ0) is 37.5. The number of hydrogen-bond donors (Lipinski definition) is 0. The lowest BCUT2D eigenvalue weighted by molar-refractivity contribution is 0.648. The molecule has 2 aliphatic rings. The van der Waals surface area contributed by atoms with Gasteiger partial charge in [0.2, 0.25) is 0 Å². The first-order valence-corrected chi connectivity index (χ1v) is 20.0. The molecule has 2 heteroatoms. The molecular weight excluding hydrogens is 689 g/mol. The van der Waals surface area contributed by atoms with E-state index in [1.54, 1.807) is 0 Å². The van der Waals surface area contributed by atoms with E-state index >= 15 is 0 Å². The van der Waals surface area contributed by atoms with E-state index in [2.05, 4.69) is 221 Å². The summed E-state index contributed by atoms with van der Waals surface area (Å²) >= 11 is 0. The average Bonchev–Trinajstić information content (AvgIpc) is 3.91. The summed E-state index contributed by atoms with van der Waals surface area (Å²) in [6, 6.07) is 70.5. The normalized spacial score (nSPS) is 15.5. The van der Waals surface area contributed by atoms with Crippen molar-refractivity contribution in [1.82, 2.24) is 9.13 Å². The molecule has 57 heavy (non-hydrogen) atoms. The van der Waals surface area contributed by atoms with Crippen LogP contribution < -0.4 is 0 Å². The van der Waals surface area contributed by atoms with Gasteiger partial charge in [0.1, 0.15) is 0 Å². The van der Waals surface area contributed by atoms with E-state index in [-0.39, 0.29) is 0 Å². The van der Waals surface area contributed by atoms with E-state index in [1.807, 2.05) is 0 Å². The molecule has 0 saturated heterocycles. The third kappa shape index (κ3) is 4.53. The van der Waals surface area contributed by atoms with Gasteiger partial charge in [0, 0.05) is 32.6 Å². The average molecular weight is 727 g/mol. The summed E-state index contributed by atoms with van der Waals surface area (Å²) in [5.74, 6) is 0. The molecule has 2 aliphatic carbocycles. The number of para-hydroxylation sites is 3. The van der Waals surface area contributed by atoms with Gasteiger partial charge in [0.15, 0.2) is 0 Å². The Kier molecular flexibility index (Phi) is 7.00. The Hall–Kier alpha value is -7.16. The van der Waals surface area contributed by atoms with Crippen molar-refractivity contribution in [2.24, 2.45) is 0 Å². The van der Waals surface area contributed by atoms with Crippen molar-refractivity contribution in [3.63, 3.8) is 0 Å². The molecule has 12 rings (SSSR count). The van der Waals surface area contributed by atoms with E-state index in [0.717, 1.165) is 6.42 Å². The summed E-state index contributed by atoms with van der Waals surface area (Å²) < 4.78 is 5.05. The molecule has 1 atom stereocenters. The van der Waals surface area contributed by atoms with Crippen LogP contribution in [-0.4, -0.2) is 9.13 Å². The van der Waals surface area contributed by atoms with Crippen LogP contribution in [0.5, 0.6) is 0 Å². The van der Waals surface area contributed by atoms with Gasteiger partial charge in [-0.05, 0) is 87.3 Å². The number of allylic oxidation sites excluding steroid dienone is 4. The molecule has 0 N–H and O–H groups in total. The van der Waals surface area contributed by atoms with E-state index < -0.39 is 5.41 Å². The highest BCUT2D eigenvalue weighted by atomic mass is 15.0. The number of benzene rings is 8. The van der Waals surface area contributed by atoms with Crippen LogP contribution in [0.2, 0.25) is 0 Å². The maximum atomic E-state index is 2.53. The molecule has 8 aromatic carbocycles. The summed E-state index contributed by atoms with van der Waals surface area (Å²) in [4.78, 5) is 0. The van der Waals surface area contributed by atoms with Crippen molar-refractivity contribution in [2.45, 2.75) is 17.9 Å². The molecule has 0 saturated carbocycles. The Morgan fingerprint density at radius 1 is 0.421 bits per heavy atom. The molecule has 0 aliphatic heterocycles. The highest BCUT2D eigenvalue weighted by Crippen LogP contribution is 2.57. The van der Waals surface area contributed by atoms with Crippen LogP contribution >= 0.6 is 0 Å². The molecule has 2 aromatic heterocycles. The van der Waals surface area contributed by atoms with Crippen molar-refractivity contribution in [3.05, 3.63) is 235 Å². The Morgan fingerprint density at radius 2 is 1.00 bits per heavy atom. The predicted molar refractivity (Wildman–Crippen MR) is 238 cm³/mol. The smallest absolute Gasteiger partial charge is 0.0733 e. The SMILES string of the molecule is C1=CCC(n2c3ccccc3c3cc(-c4ccc5c6ccccc6n(-c6ccccc6C6(c7ccccc7)c7ccccc7-c7ccccc76)c5c4)ccc32)C=C1. The number of aromatic nitrogens is 2. The Balaban J connectivity index is 1.12. The lowest BCUT2D eigenvalue weighted by atomic mass is 9.67. The van der Waals surface area contributed by atoms with Crippen molar-refractivity contribution < 1.29 is 0 Å². The maximum Gasteiger partial charge on any atom is 0.0733 e. The van der Waals surface area contributed by atoms with Crippen LogP contribution in [0.1, 0.15) is 34.7 Å². The lowest BCUT2D eigenvalue weighted by Crippen LogP contribution is -2.30. The van der Waals surface area contributed by atoms with Crippen molar-refractivity contribution in [1.29, 1.82) is 0 Å². The molecule has 0 amide bonds. The van der Waals surface area contributed by atoms with Gasteiger partial charge in [-0.1, -0.05) is 176 Å². The second-order valence-corrected chi connectivity index (χ2v) is 15.5. The van der Waals surface area contributed by atoms with E-state index in [1.165, 1.54) is 93.8 Å². The fourth-order valence-electron chi connectivity index (χ4n) is 10.4. The minimum atomic E-state index is -0.525. The number of fused-ring (bicyclic) bond motifs is 9. The van der Waals surface area contributed by atoms with Gasteiger partial charge in [-0.3, -0.25) is 0 Å². The highest BCUT2D eigenvalue weighted by Gasteiger charge is 2.47. The highest BCUT2D eigenvalue weighted by molar-refractivity contribution is 6.12. The second-order valence-electron chi connectivity index (χ2n) is 15.5. The Labute approximate surface area is 331 Å². The van der Waals surface area contributed by atoms with Crippen LogP contribution in [0.15, 0.2) is 212 Å². The van der Waals surface area contributed by atoms with Gasteiger partial charge in [-0.2, -0.15) is 0 Å². The predicted octanol–water partition coefficient (Wildman–Crippen LogP) is 14.0. The quantitative estimate of drug-likeness (QED) is 0.167. The number of nitrogens with zero attached hydrogens (tertiary/aromatic N) is 2. The fraction of sp³-hybridized carbons (Fsp3) is 0.0545. The second kappa shape index (κ2) is 12.4. The fourth-order valence-corrected chi connectivity index (χ4v) is 10.4. The zero-order valence-corrected chi connectivity index (χ0v) is 31.4. The minimum absolute atomic E-state index is 0.299. The minimum Gasteiger partial charge on any atom is -0.333 e. The third-order valence-electron chi connectivity index (χ3n) is 12.7. The molecule has 2 nitrogen and oxygen atoms in total. The molecule has 0 bridgehead atoms. The van der Waals surface area contributed by atoms with Gasteiger partial charge in [-0.25, -0.2) is 0 Å².